The standard InChI is InChI=1S/C15H21N5O2/c1-5-18(6-2)17-14-8-7-13(20(21)22)10-15(14)19-12(4)9-11(3)16-19/h7-10,17H,5-6H2,1-4H3. The van der Waals surface area contributed by atoms with Crippen LogP contribution in [0.2, 0.25) is 0 Å². The average molecular weight is 303 g/mol. The minimum atomic E-state index is -0.392. The number of benzene rings is 1. The summed E-state index contributed by atoms with van der Waals surface area (Å²) >= 11 is 0. The van der Waals surface area contributed by atoms with Crippen LogP contribution in [0, 0.1) is 24.0 Å². The molecule has 0 atom stereocenters. The van der Waals surface area contributed by atoms with Crippen LogP contribution in [0.3, 0.4) is 0 Å². The summed E-state index contributed by atoms with van der Waals surface area (Å²) in [6.07, 6.45) is 0. The van der Waals surface area contributed by atoms with E-state index in [4.69, 9.17) is 0 Å². The summed E-state index contributed by atoms with van der Waals surface area (Å²) in [7, 11) is 0. The molecule has 2 aromatic rings. The molecule has 7 heteroatoms. The summed E-state index contributed by atoms with van der Waals surface area (Å²) in [5, 5.41) is 17.5. The van der Waals surface area contributed by atoms with Gasteiger partial charge in [0, 0.05) is 30.9 Å². The lowest BCUT2D eigenvalue weighted by Crippen LogP contribution is -2.30. The van der Waals surface area contributed by atoms with Crippen molar-refractivity contribution in [2.45, 2.75) is 27.7 Å². The Kier molecular flexibility index (Phi) is 4.77. The third-order valence-corrected chi connectivity index (χ3v) is 3.47. The topological polar surface area (TPSA) is 76.2 Å². The maximum Gasteiger partial charge on any atom is 0.271 e. The second-order valence-corrected chi connectivity index (χ2v) is 5.08. The molecule has 0 aliphatic rings. The van der Waals surface area contributed by atoms with Crippen molar-refractivity contribution in [2.24, 2.45) is 0 Å². The minimum Gasteiger partial charge on any atom is -0.317 e. The Hall–Kier alpha value is -2.41. The monoisotopic (exact) mass is 303 g/mol. The van der Waals surface area contributed by atoms with E-state index >= 15 is 0 Å². The highest BCUT2D eigenvalue weighted by Crippen LogP contribution is 2.27. The van der Waals surface area contributed by atoms with Gasteiger partial charge in [0.25, 0.3) is 5.69 Å². The van der Waals surface area contributed by atoms with Crippen molar-refractivity contribution in [2.75, 3.05) is 18.5 Å². The summed E-state index contributed by atoms with van der Waals surface area (Å²) in [5.41, 5.74) is 6.62. The lowest BCUT2D eigenvalue weighted by atomic mass is 10.2. The van der Waals surface area contributed by atoms with Gasteiger partial charge in [-0.05, 0) is 26.0 Å². The number of rotatable bonds is 6. The number of aryl methyl sites for hydroxylation is 2. The van der Waals surface area contributed by atoms with E-state index in [1.165, 1.54) is 6.07 Å². The first-order valence-electron chi connectivity index (χ1n) is 7.30. The summed E-state index contributed by atoms with van der Waals surface area (Å²) in [6, 6.07) is 6.72. The van der Waals surface area contributed by atoms with Crippen LogP contribution >= 0.6 is 0 Å². The Balaban J connectivity index is 2.53. The number of nitro benzene ring substituents is 1. The SMILES string of the molecule is CCN(CC)Nc1ccc([N+](=O)[O-])cc1-n1nc(C)cc1C. The van der Waals surface area contributed by atoms with E-state index in [0.717, 1.165) is 30.2 Å². The first-order chi connectivity index (χ1) is 10.5. The molecule has 0 aliphatic carbocycles. The molecule has 0 radical (unpaired) electrons. The van der Waals surface area contributed by atoms with E-state index in [0.29, 0.717) is 5.69 Å². The summed E-state index contributed by atoms with van der Waals surface area (Å²) in [5.74, 6) is 0. The summed E-state index contributed by atoms with van der Waals surface area (Å²) in [6.45, 7) is 9.57. The Bertz CT molecular complexity index is 677. The van der Waals surface area contributed by atoms with Crippen molar-refractivity contribution in [3.8, 4) is 5.69 Å². The fourth-order valence-electron chi connectivity index (χ4n) is 2.33. The molecule has 22 heavy (non-hydrogen) atoms. The highest BCUT2D eigenvalue weighted by atomic mass is 16.6. The van der Waals surface area contributed by atoms with Crippen LogP contribution in [0.4, 0.5) is 11.4 Å². The fraction of sp³-hybridized carbons (Fsp3) is 0.400. The third kappa shape index (κ3) is 3.25. The van der Waals surface area contributed by atoms with Crippen molar-refractivity contribution >= 4 is 11.4 Å². The van der Waals surface area contributed by atoms with Crippen molar-refractivity contribution in [3.05, 3.63) is 45.8 Å². The molecular formula is C15H21N5O2. The smallest absolute Gasteiger partial charge is 0.271 e. The Labute approximate surface area is 129 Å². The van der Waals surface area contributed by atoms with Gasteiger partial charge in [-0.2, -0.15) is 5.10 Å². The molecule has 118 valence electrons. The summed E-state index contributed by atoms with van der Waals surface area (Å²) in [4.78, 5) is 10.7. The number of anilines is 1. The van der Waals surface area contributed by atoms with Gasteiger partial charge in [-0.25, -0.2) is 9.69 Å². The second kappa shape index (κ2) is 6.57. The molecule has 1 heterocycles. The van der Waals surface area contributed by atoms with Gasteiger partial charge < -0.3 is 5.43 Å². The molecule has 1 aromatic heterocycles. The van der Waals surface area contributed by atoms with Crippen molar-refractivity contribution < 1.29 is 4.92 Å². The molecule has 1 N–H and O–H groups in total. The fourth-order valence-corrected chi connectivity index (χ4v) is 2.33. The van der Waals surface area contributed by atoms with Gasteiger partial charge in [0.1, 0.15) is 0 Å². The normalized spacial score (nSPS) is 11.0. The quantitative estimate of drug-likeness (QED) is 0.655. The molecule has 2 rings (SSSR count). The number of hydrogen-bond donors (Lipinski definition) is 1. The lowest BCUT2D eigenvalue weighted by Gasteiger charge is -2.22. The van der Waals surface area contributed by atoms with Gasteiger partial charge in [0.05, 0.1) is 22.0 Å². The van der Waals surface area contributed by atoms with Gasteiger partial charge in [-0.1, -0.05) is 13.8 Å². The first-order valence-corrected chi connectivity index (χ1v) is 7.30. The van der Waals surface area contributed by atoms with Crippen LogP contribution in [0.15, 0.2) is 24.3 Å². The highest BCUT2D eigenvalue weighted by Gasteiger charge is 2.16. The van der Waals surface area contributed by atoms with Crippen LogP contribution in [0.5, 0.6) is 0 Å². The van der Waals surface area contributed by atoms with Crippen LogP contribution < -0.4 is 5.43 Å². The summed E-state index contributed by atoms with van der Waals surface area (Å²) < 4.78 is 1.73. The van der Waals surface area contributed by atoms with Crippen molar-refractivity contribution in [1.82, 2.24) is 14.8 Å². The van der Waals surface area contributed by atoms with E-state index in [9.17, 15) is 10.1 Å². The van der Waals surface area contributed by atoms with Gasteiger partial charge in [-0.3, -0.25) is 10.1 Å². The Morgan fingerprint density at radius 1 is 1.27 bits per heavy atom. The number of nitrogens with zero attached hydrogens (tertiary/aromatic N) is 4. The van der Waals surface area contributed by atoms with E-state index in [2.05, 4.69) is 10.5 Å². The van der Waals surface area contributed by atoms with Crippen molar-refractivity contribution in [3.63, 3.8) is 0 Å². The molecule has 0 aliphatic heterocycles. The number of non-ortho nitro benzene ring substituents is 1. The predicted molar refractivity (Wildman–Crippen MR) is 86.2 cm³/mol. The molecule has 1 aromatic carbocycles. The maximum atomic E-state index is 11.1. The van der Waals surface area contributed by atoms with Gasteiger partial charge in [0.15, 0.2) is 0 Å². The average Bonchev–Trinajstić information content (AvgIpc) is 2.83. The number of aromatic nitrogens is 2. The first kappa shape index (κ1) is 16.0. The van der Waals surface area contributed by atoms with E-state index in [-0.39, 0.29) is 5.69 Å². The number of hydrogen-bond acceptors (Lipinski definition) is 5. The molecule has 0 amide bonds. The lowest BCUT2D eigenvalue weighted by molar-refractivity contribution is -0.384. The van der Waals surface area contributed by atoms with E-state index in [1.54, 1.807) is 16.8 Å². The Morgan fingerprint density at radius 2 is 1.95 bits per heavy atom. The largest absolute Gasteiger partial charge is 0.317 e. The second-order valence-electron chi connectivity index (χ2n) is 5.08. The van der Waals surface area contributed by atoms with E-state index in [1.807, 2.05) is 38.8 Å². The minimum absolute atomic E-state index is 0.0488. The van der Waals surface area contributed by atoms with Crippen LogP contribution in [0.1, 0.15) is 25.2 Å². The highest BCUT2D eigenvalue weighted by molar-refractivity contribution is 5.64. The molecule has 0 fully saturated rings. The number of nitrogens with one attached hydrogen (secondary N) is 1. The predicted octanol–water partition coefficient (Wildman–Crippen LogP) is 3.07. The zero-order valence-electron chi connectivity index (χ0n) is 13.3. The molecule has 0 unspecified atom stereocenters. The molecule has 7 nitrogen and oxygen atoms in total. The van der Waals surface area contributed by atoms with Gasteiger partial charge >= 0.3 is 0 Å². The Morgan fingerprint density at radius 3 is 2.45 bits per heavy atom. The van der Waals surface area contributed by atoms with Gasteiger partial charge in [-0.15, -0.1) is 0 Å². The van der Waals surface area contributed by atoms with Crippen LogP contribution in [-0.4, -0.2) is 32.8 Å². The zero-order chi connectivity index (χ0) is 16.3. The van der Waals surface area contributed by atoms with Crippen LogP contribution in [-0.2, 0) is 0 Å². The number of hydrazine groups is 1. The zero-order valence-corrected chi connectivity index (χ0v) is 13.3. The molecule has 0 spiro atoms. The molecule has 0 bridgehead atoms. The van der Waals surface area contributed by atoms with Gasteiger partial charge in [0.2, 0.25) is 0 Å². The molecule has 0 saturated heterocycles. The number of nitro groups is 1. The van der Waals surface area contributed by atoms with E-state index < -0.39 is 4.92 Å². The maximum absolute atomic E-state index is 11.1. The molecule has 0 saturated carbocycles. The third-order valence-electron chi connectivity index (χ3n) is 3.47. The molecular weight excluding hydrogens is 282 g/mol. The van der Waals surface area contributed by atoms with Crippen LogP contribution in [0.25, 0.3) is 5.69 Å². The van der Waals surface area contributed by atoms with Crippen molar-refractivity contribution in [1.29, 1.82) is 0 Å².